The number of hydrogen-bond acceptors (Lipinski definition) is 4. The summed E-state index contributed by atoms with van der Waals surface area (Å²) in [6.07, 6.45) is 0. The van der Waals surface area contributed by atoms with Gasteiger partial charge in [0.25, 0.3) is 0 Å². The molecule has 1 fully saturated rings. The van der Waals surface area contributed by atoms with Crippen LogP contribution in [0.3, 0.4) is 0 Å². The summed E-state index contributed by atoms with van der Waals surface area (Å²) in [4.78, 5) is 9.39. The number of rotatable bonds is 2. The largest absolute Gasteiger partial charge is 0.354 e. The highest BCUT2D eigenvalue weighted by Gasteiger charge is 2.21. The third-order valence-electron chi connectivity index (χ3n) is 4.97. The van der Waals surface area contributed by atoms with Gasteiger partial charge in [-0.15, -0.1) is 0 Å². The number of halogens is 1. The monoisotopic (exact) mass is 339 g/mol. The van der Waals surface area contributed by atoms with E-state index in [0.717, 1.165) is 60.2 Å². The fourth-order valence-electron chi connectivity index (χ4n) is 3.36. The number of aryl methyl sites for hydroxylation is 1. The molecule has 1 saturated heterocycles. The van der Waals surface area contributed by atoms with Gasteiger partial charge in [0.05, 0.1) is 5.69 Å². The van der Waals surface area contributed by atoms with Crippen LogP contribution >= 0.6 is 0 Å². The Balaban J connectivity index is 1.85. The first kappa shape index (κ1) is 16.0. The van der Waals surface area contributed by atoms with E-state index in [4.69, 9.17) is 5.10 Å². The molecule has 130 valence electrons. The van der Waals surface area contributed by atoms with Gasteiger partial charge in [-0.3, -0.25) is 0 Å². The molecule has 0 amide bonds. The van der Waals surface area contributed by atoms with Gasteiger partial charge in [-0.2, -0.15) is 9.61 Å². The minimum absolute atomic E-state index is 0.255. The Hall–Kier alpha value is -2.47. The van der Waals surface area contributed by atoms with Crippen LogP contribution in [0, 0.1) is 19.7 Å². The molecule has 0 unspecified atom stereocenters. The molecule has 1 aliphatic heterocycles. The Morgan fingerprint density at radius 1 is 1.04 bits per heavy atom. The standard InChI is InChI=1S/C19H22FN5/c1-13-14(2)21-18-12-17(15-5-4-6-16(20)11-15)22-25(18)19(13)24-9-7-23(3)8-10-24/h4-6,11-12H,7-10H2,1-3H3. The van der Waals surface area contributed by atoms with E-state index < -0.39 is 0 Å². The van der Waals surface area contributed by atoms with Crippen LogP contribution in [0.4, 0.5) is 10.2 Å². The lowest BCUT2D eigenvalue weighted by Gasteiger charge is -2.35. The van der Waals surface area contributed by atoms with E-state index in [1.54, 1.807) is 6.07 Å². The van der Waals surface area contributed by atoms with Crippen LogP contribution in [0.25, 0.3) is 16.9 Å². The lowest BCUT2D eigenvalue weighted by Crippen LogP contribution is -2.45. The molecule has 6 heteroatoms. The first-order valence-corrected chi connectivity index (χ1v) is 8.59. The zero-order chi connectivity index (χ0) is 17.6. The zero-order valence-electron chi connectivity index (χ0n) is 14.8. The summed E-state index contributed by atoms with van der Waals surface area (Å²) < 4.78 is 15.5. The van der Waals surface area contributed by atoms with Gasteiger partial charge in [0, 0.05) is 49.1 Å². The van der Waals surface area contributed by atoms with Gasteiger partial charge in [-0.05, 0) is 33.0 Å². The van der Waals surface area contributed by atoms with Gasteiger partial charge in [0.2, 0.25) is 0 Å². The molecule has 4 rings (SSSR count). The van der Waals surface area contributed by atoms with Gasteiger partial charge in [0.15, 0.2) is 5.65 Å². The van der Waals surface area contributed by atoms with E-state index in [1.807, 2.05) is 23.6 Å². The van der Waals surface area contributed by atoms with Crippen molar-refractivity contribution < 1.29 is 4.39 Å². The quantitative estimate of drug-likeness (QED) is 0.719. The van der Waals surface area contributed by atoms with Crippen molar-refractivity contribution in [2.75, 3.05) is 38.1 Å². The molecular formula is C19H22FN5. The second-order valence-electron chi connectivity index (χ2n) is 6.75. The summed E-state index contributed by atoms with van der Waals surface area (Å²) >= 11 is 0. The summed E-state index contributed by atoms with van der Waals surface area (Å²) in [7, 11) is 2.15. The summed E-state index contributed by atoms with van der Waals surface area (Å²) in [6, 6.07) is 8.47. The number of aromatic nitrogens is 3. The molecule has 5 nitrogen and oxygen atoms in total. The third kappa shape index (κ3) is 2.87. The average Bonchev–Trinajstić information content (AvgIpc) is 3.00. The van der Waals surface area contributed by atoms with Crippen molar-refractivity contribution in [2.24, 2.45) is 0 Å². The van der Waals surface area contributed by atoms with Gasteiger partial charge in [-0.25, -0.2) is 9.37 Å². The fourth-order valence-corrected chi connectivity index (χ4v) is 3.36. The number of fused-ring (bicyclic) bond motifs is 1. The van der Waals surface area contributed by atoms with Crippen LogP contribution in [0.5, 0.6) is 0 Å². The van der Waals surface area contributed by atoms with Gasteiger partial charge >= 0.3 is 0 Å². The van der Waals surface area contributed by atoms with Crippen molar-refractivity contribution in [3.63, 3.8) is 0 Å². The highest BCUT2D eigenvalue weighted by molar-refractivity contribution is 5.67. The Morgan fingerprint density at radius 3 is 2.52 bits per heavy atom. The highest BCUT2D eigenvalue weighted by atomic mass is 19.1. The van der Waals surface area contributed by atoms with E-state index in [0.29, 0.717) is 0 Å². The predicted octanol–water partition coefficient (Wildman–Crippen LogP) is 2.90. The van der Waals surface area contributed by atoms with E-state index in [1.165, 1.54) is 12.1 Å². The first-order valence-electron chi connectivity index (χ1n) is 8.59. The fraction of sp³-hybridized carbons (Fsp3) is 0.368. The minimum atomic E-state index is -0.255. The molecule has 1 aliphatic rings. The van der Waals surface area contributed by atoms with E-state index in [2.05, 4.69) is 28.8 Å². The lowest BCUT2D eigenvalue weighted by molar-refractivity contribution is 0.311. The molecule has 0 saturated carbocycles. The molecule has 0 aliphatic carbocycles. The van der Waals surface area contributed by atoms with Crippen molar-refractivity contribution in [3.8, 4) is 11.3 Å². The van der Waals surface area contributed by atoms with Crippen LogP contribution in [0.1, 0.15) is 11.3 Å². The number of anilines is 1. The molecular weight excluding hydrogens is 317 g/mol. The average molecular weight is 339 g/mol. The van der Waals surface area contributed by atoms with E-state index in [-0.39, 0.29) is 5.82 Å². The van der Waals surface area contributed by atoms with Crippen molar-refractivity contribution in [1.29, 1.82) is 0 Å². The smallest absolute Gasteiger partial charge is 0.158 e. The minimum Gasteiger partial charge on any atom is -0.354 e. The normalized spacial score (nSPS) is 15.9. The predicted molar refractivity (Wildman–Crippen MR) is 97.6 cm³/mol. The molecule has 0 spiro atoms. The molecule has 2 aromatic heterocycles. The van der Waals surface area contributed by atoms with Crippen molar-refractivity contribution in [1.82, 2.24) is 19.5 Å². The lowest BCUT2D eigenvalue weighted by atomic mass is 10.1. The maximum atomic E-state index is 13.6. The Bertz CT molecular complexity index is 925. The summed E-state index contributed by atoms with van der Waals surface area (Å²) in [5, 5.41) is 4.75. The third-order valence-corrected chi connectivity index (χ3v) is 4.97. The number of piperazine rings is 1. The number of benzene rings is 1. The Morgan fingerprint density at radius 2 is 1.80 bits per heavy atom. The number of nitrogens with zero attached hydrogens (tertiary/aromatic N) is 5. The van der Waals surface area contributed by atoms with E-state index in [9.17, 15) is 4.39 Å². The summed E-state index contributed by atoms with van der Waals surface area (Å²) in [5.41, 5.74) is 4.46. The van der Waals surface area contributed by atoms with Crippen molar-refractivity contribution in [2.45, 2.75) is 13.8 Å². The van der Waals surface area contributed by atoms with Crippen LogP contribution in [-0.2, 0) is 0 Å². The molecule has 0 bridgehead atoms. The van der Waals surface area contributed by atoms with Gasteiger partial charge in [-0.1, -0.05) is 12.1 Å². The number of hydrogen-bond donors (Lipinski definition) is 0. The Kier molecular flexibility index (Phi) is 3.92. The van der Waals surface area contributed by atoms with Gasteiger partial charge < -0.3 is 9.80 Å². The molecule has 3 heterocycles. The summed E-state index contributed by atoms with van der Waals surface area (Å²) in [6.45, 7) is 8.11. The molecule has 0 N–H and O–H groups in total. The van der Waals surface area contributed by atoms with Crippen molar-refractivity contribution in [3.05, 3.63) is 47.4 Å². The maximum Gasteiger partial charge on any atom is 0.158 e. The van der Waals surface area contributed by atoms with Crippen LogP contribution in [0.15, 0.2) is 30.3 Å². The summed E-state index contributed by atoms with van der Waals surface area (Å²) in [5.74, 6) is 0.840. The molecule has 0 radical (unpaired) electrons. The number of likely N-dealkylation sites (N-methyl/N-ethyl adjacent to an activating group) is 1. The molecule has 0 atom stereocenters. The Labute approximate surface area is 146 Å². The van der Waals surface area contributed by atoms with Crippen molar-refractivity contribution >= 4 is 11.5 Å². The highest BCUT2D eigenvalue weighted by Crippen LogP contribution is 2.27. The second-order valence-corrected chi connectivity index (χ2v) is 6.75. The molecule has 25 heavy (non-hydrogen) atoms. The maximum absolute atomic E-state index is 13.6. The van der Waals surface area contributed by atoms with Gasteiger partial charge in [0.1, 0.15) is 11.6 Å². The van der Waals surface area contributed by atoms with Crippen LogP contribution in [-0.4, -0.2) is 52.7 Å². The molecule has 1 aromatic carbocycles. The SMILES string of the molecule is Cc1nc2cc(-c3cccc(F)c3)nn2c(N2CCN(C)CC2)c1C. The molecule has 3 aromatic rings. The van der Waals surface area contributed by atoms with E-state index >= 15 is 0 Å². The zero-order valence-corrected chi connectivity index (χ0v) is 14.8. The first-order chi connectivity index (χ1) is 12.0. The van der Waals surface area contributed by atoms with Crippen LogP contribution in [0.2, 0.25) is 0 Å². The van der Waals surface area contributed by atoms with Crippen LogP contribution < -0.4 is 4.90 Å². The topological polar surface area (TPSA) is 36.7 Å². The second kappa shape index (κ2) is 6.11.